The van der Waals surface area contributed by atoms with E-state index in [-0.39, 0.29) is 0 Å². The summed E-state index contributed by atoms with van der Waals surface area (Å²) in [4.78, 5) is 6.97. The summed E-state index contributed by atoms with van der Waals surface area (Å²) in [6, 6.07) is 2.07. The molecule has 3 aliphatic rings. The third kappa shape index (κ3) is 3.91. The van der Waals surface area contributed by atoms with E-state index in [2.05, 4.69) is 22.9 Å². The van der Waals surface area contributed by atoms with Crippen LogP contribution in [-0.4, -0.2) is 49.3 Å². The van der Waals surface area contributed by atoms with Crippen molar-refractivity contribution in [1.29, 1.82) is 0 Å². The number of likely N-dealkylation sites (tertiary alicyclic amines) is 1. The van der Waals surface area contributed by atoms with E-state index in [0.717, 1.165) is 31.7 Å². The predicted octanol–water partition coefficient (Wildman–Crippen LogP) is 3.44. The van der Waals surface area contributed by atoms with Gasteiger partial charge in [0, 0.05) is 50.7 Å². The van der Waals surface area contributed by atoms with Gasteiger partial charge in [-0.25, -0.2) is 0 Å². The first-order chi connectivity index (χ1) is 12.3. The van der Waals surface area contributed by atoms with E-state index in [0.29, 0.717) is 12.0 Å². The molecule has 1 aromatic rings. The zero-order valence-electron chi connectivity index (χ0n) is 15.6. The summed E-state index contributed by atoms with van der Waals surface area (Å²) in [6.07, 6.45) is 10.4. The van der Waals surface area contributed by atoms with Gasteiger partial charge < -0.3 is 14.4 Å². The number of rotatable bonds is 6. The largest absolute Gasteiger partial charge is 0.381 e. The molecule has 4 rings (SSSR count). The van der Waals surface area contributed by atoms with Gasteiger partial charge in [0.05, 0.1) is 13.2 Å². The van der Waals surface area contributed by atoms with Crippen LogP contribution in [0.4, 0.5) is 0 Å². The summed E-state index contributed by atoms with van der Waals surface area (Å²) in [5, 5.41) is 0. The summed E-state index contributed by atoms with van der Waals surface area (Å²) in [7, 11) is 0. The Morgan fingerprint density at radius 2 is 2.20 bits per heavy atom. The van der Waals surface area contributed by atoms with Crippen molar-refractivity contribution in [1.82, 2.24) is 9.88 Å². The summed E-state index contributed by atoms with van der Waals surface area (Å²) < 4.78 is 11.8. The summed E-state index contributed by atoms with van der Waals surface area (Å²) >= 11 is 0. The van der Waals surface area contributed by atoms with Gasteiger partial charge in [0.15, 0.2) is 0 Å². The maximum atomic E-state index is 6.24. The van der Waals surface area contributed by atoms with E-state index < -0.39 is 0 Å². The Hall–Kier alpha value is -0.970. The molecule has 3 fully saturated rings. The molecule has 3 heterocycles. The fourth-order valence-electron chi connectivity index (χ4n) is 5.21. The van der Waals surface area contributed by atoms with Gasteiger partial charge in [0.25, 0.3) is 0 Å². The van der Waals surface area contributed by atoms with Gasteiger partial charge in [-0.05, 0) is 61.6 Å². The number of hydrogen-bond donors (Lipinski definition) is 0. The molecule has 0 aromatic carbocycles. The first-order valence-corrected chi connectivity index (χ1v) is 10.0. The zero-order valence-corrected chi connectivity index (χ0v) is 15.6. The number of aromatic nitrogens is 1. The molecular weight excluding hydrogens is 312 g/mol. The smallest absolute Gasteiger partial charge is 0.0734 e. The molecule has 0 amide bonds. The Bertz CT molecular complexity index is 573. The van der Waals surface area contributed by atoms with E-state index >= 15 is 0 Å². The van der Waals surface area contributed by atoms with Gasteiger partial charge in [-0.3, -0.25) is 4.98 Å². The molecule has 0 N–H and O–H groups in total. The first-order valence-electron chi connectivity index (χ1n) is 10.0. The van der Waals surface area contributed by atoms with Crippen LogP contribution in [0.15, 0.2) is 18.5 Å². The second kappa shape index (κ2) is 7.73. The van der Waals surface area contributed by atoms with Crippen LogP contribution in [0, 0.1) is 24.2 Å². The molecule has 0 radical (unpaired) electrons. The highest BCUT2D eigenvalue weighted by Gasteiger charge is 2.49. The first kappa shape index (κ1) is 17.4. The molecule has 25 heavy (non-hydrogen) atoms. The van der Waals surface area contributed by atoms with Crippen LogP contribution >= 0.6 is 0 Å². The van der Waals surface area contributed by atoms with Crippen molar-refractivity contribution in [3.63, 3.8) is 0 Å². The van der Waals surface area contributed by atoms with Crippen molar-refractivity contribution in [2.45, 2.75) is 45.6 Å². The van der Waals surface area contributed by atoms with Crippen LogP contribution in [0.25, 0.3) is 0 Å². The Morgan fingerprint density at radius 3 is 3.04 bits per heavy atom. The highest BCUT2D eigenvalue weighted by molar-refractivity contribution is 5.20. The molecule has 138 valence electrons. The molecular formula is C21H32N2O2. The lowest BCUT2D eigenvalue weighted by Gasteiger charge is -2.30. The highest BCUT2D eigenvalue weighted by atomic mass is 16.5. The quantitative estimate of drug-likeness (QED) is 0.792. The molecule has 2 atom stereocenters. The monoisotopic (exact) mass is 344 g/mol. The van der Waals surface area contributed by atoms with Crippen LogP contribution < -0.4 is 0 Å². The van der Waals surface area contributed by atoms with Crippen LogP contribution in [0.1, 0.15) is 43.2 Å². The Morgan fingerprint density at radius 1 is 1.32 bits per heavy atom. The van der Waals surface area contributed by atoms with Gasteiger partial charge >= 0.3 is 0 Å². The summed E-state index contributed by atoms with van der Waals surface area (Å²) in [5.74, 6) is 1.67. The van der Waals surface area contributed by atoms with E-state index in [4.69, 9.17) is 9.47 Å². The number of ether oxygens (including phenoxy) is 2. The second-order valence-electron chi connectivity index (χ2n) is 8.50. The normalized spacial score (nSPS) is 30.7. The summed E-state index contributed by atoms with van der Waals surface area (Å²) in [5.41, 5.74) is 2.91. The third-order valence-electron chi connectivity index (χ3n) is 6.76. The van der Waals surface area contributed by atoms with E-state index in [1.165, 1.54) is 62.9 Å². The fourth-order valence-corrected chi connectivity index (χ4v) is 5.21. The SMILES string of the molecule is Cc1ccncc1COC[C@@]12CCC[C@@H]1CN(CC1CCOCC1)C2. The second-order valence-corrected chi connectivity index (χ2v) is 8.50. The minimum absolute atomic E-state index is 0.404. The maximum Gasteiger partial charge on any atom is 0.0734 e. The maximum absolute atomic E-state index is 6.24. The Balaban J connectivity index is 1.32. The molecule has 4 heteroatoms. The average molecular weight is 344 g/mol. The molecule has 2 saturated heterocycles. The lowest BCUT2D eigenvalue weighted by molar-refractivity contribution is 0.0232. The topological polar surface area (TPSA) is 34.6 Å². The Kier molecular flexibility index (Phi) is 5.39. The van der Waals surface area contributed by atoms with Crippen molar-refractivity contribution in [3.05, 3.63) is 29.6 Å². The summed E-state index contributed by atoms with van der Waals surface area (Å²) in [6.45, 7) is 9.46. The molecule has 2 aliphatic heterocycles. The van der Waals surface area contributed by atoms with Gasteiger partial charge in [0.2, 0.25) is 0 Å². The molecule has 1 aromatic heterocycles. The van der Waals surface area contributed by atoms with Crippen molar-refractivity contribution < 1.29 is 9.47 Å². The van der Waals surface area contributed by atoms with E-state index in [1.54, 1.807) is 0 Å². The minimum atomic E-state index is 0.404. The number of pyridine rings is 1. The highest BCUT2D eigenvalue weighted by Crippen LogP contribution is 2.49. The fraction of sp³-hybridized carbons (Fsp3) is 0.762. The molecule has 1 aliphatic carbocycles. The van der Waals surface area contributed by atoms with Gasteiger partial charge in [0.1, 0.15) is 0 Å². The van der Waals surface area contributed by atoms with Crippen LogP contribution in [-0.2, 0) is 16.1 Å². The minimum Gasteiger partial charge on any atom is -0.381 e. The van der Waals surface area contributed by atoms with Crippen molar-refractivity contribution in [2.24, 2.45) is 17.3 Å². The number of hydrogen-bond acceptors (Lipinski definition) is 4. The molecule has 0 spiro atoms. The molecule has 4 nitrogen and oxygen atoms in total. The number of fused-ring (bicyclic) bond motifs is 1. The lowest BCUT2D eigenvalue weighted by atomic mass is 9.81. The van der Waals surface area contributed by atoms with Crippen molar-refractivity contribution in [2.75, 3.05) is 39.5 Å². The lowest BCUT2D eigenvalue weighted by Crippen LogP contribution is -2.35. The molecule has 0 unspecified atom stereocenters. The van der Waals surface area contributed by atoms with Gasteiger partial charge in [-0.15, -0.1) is 0 Å². The molecule has 0 bridgehead atoms. The molecule has 1 saturated carbocycles. The van der Waals surface area contributed by atoms with E-state index in [1.807, 2.05) is 12.4 Å². The average Bonchev–Trinajstić information content (AvgIpc) is 3.14. The predicted molar refractivity (Wildman–Crippen MR) is 98.4 cm³/mol. The third-order valence-corrected chi connectivity index (χ3v) is 6.76. The van der Waals surface area contributed by atoms with Crippen LogP contribution in [0.2, 0.25) is 0 Å². The van der Waals surface area contributed by atoms with Crippen molar-refractivity contribution >= 4 is 0 Å². The van der Waals surface area contributed by atoms with Crippen LogP contribution in [0.3, 0.4) is 0 Å². The number of aryl methyl sites for hydroxylation is 1. The Labute approximate surface area is 151 Å². The zero-order chi connectivity index (χ0) is 17.1. The van der Waals surface area contributed by atoms with Gasteiger partial charge in [-0.2, -0.15) is 0 Å². The van der Waals surface area contributed by atoms with E-state index in [9.17, 15) is 0 Å². The van der Waals surface area contributed by atoms with Crippen molar-refractivity contribution in [3.8, 4) is 0 Å². The van der Waals surface area contributed by atoms with Gasteiger partial charge in [-0.1, -0.05) is 6.42 Å². The van der Waals surface area contributed by atoms with Crippen LogP contribution in [0.5, 0.6) is 0 Å². The number of nitrogens with zero attached hydrogens (tertiary/aromatic N) is 2. The standard InChI is InChI=1S/C21H32N2O2/c1-17-4-8-22-11-19(17)14-25-16-21-7-2-3-20(21)13-23(15-21)12-18-5-9-24-10-6-18/h4,8,11,18,20H,2-3,5-7,9-10,12-16H2,1H3/t20-,21+/m1/s1.